The van der Waals surface area contributed by atoms with Crippen molar-refractivity contribution in [3.8, 4) is 0 Å². The van der Waals surface area contributed by atoms with E-state index in [1.54, 1.807) is 7.11 Å². The second-order valence-electron chi connectivity index (χ2n) is 6.69. The minimum atomic E-state index is 0.313. The average Bonchev–Trinajstić information content (AvgIpc) is 3.26. The lowest BCUT2D eigenvalue weighted by Crippen LogP contribution is -2.50. The molecule has 1 aromatic rings. The Morgan fingerprint density at radius 2 is 1.91 bits per heavy atom. The topological polar surface area (TPSA) is 59.3 Å². The highest BCUT2D eigenvalue weighted by molar-refractivity contribution is 4.95. The standard InChI is InChI=1S/C16H30N6O/c1-3-15(16-17-18-19-22(16)12-13-23-2)21-10-8-20(9-11-21)14-6-4-5-7-14/h14-15H,3-13H2,1-2H3. The molecule has 7 heteroatoms. The van der Waals surface area contributed by atoms with Gasteiger partial charge in [0.05, 0.1) is 19.2 Å². The molecule has 1 saturated heterocycles. The van der Waals surface area contributed by atoms with Crippen molar-refractivity contribution in [2.24, 2.45) is 0 Å². The molecular formula is C16H30N6O. The molecule has 0 bridgehead atoms. The first-order valence-corrected chi connectivity index (χ1v) is 9.06. The van der Waals surface area contributed by atoms with Crippen LogP contribution in [0.4, 0.5) is 0 Å². The third-order valence-electron chi connectivity index (χ3n) is 5.38. The van der Waals surface area contributed by atoms with E-state index >= 15 is 0 Å². The van der Waals surface area contributed by atoms with Gasteiger partial charge < -0.3 is 4.74 Å². The minimum absolute atomic E-state index is 0.313. The number of hydrogen-bond donors (Lipinski definition) is 0. The first-order chi connectivity index (χ1) is 11.3. The monoisotopic (exact) mass is 322 g/mol. The van der Waals surface area contributed by atoms with Crippen LogP contribution in [0.15, 0.2) is 0 Å². The molecule has 1 aromatic heterocycles. The quantitative estimate of drug-likeness (QED) is 0.755. The van der Waals surface area contributed by atoms with Gasteiger partial charge in [0.15, 0.2) is 5.82 Å². The van der Waals surface area contributed by atoms with Crippen LogP contribution in [-0.2, 0) is 11.3 Å². The number of methoxy groups -OCH3 is 1. The molecule has 2 aliphatic rings. The second-order valence-corrected chi connectivity index (χ2v) is 6.69. The van der Waals surface area contributed by atoms with Gasteiger partial charge in [0.1, 0.15) is 0 Å². The van der Waals surface area contributed by atoms with Crippen molar-refractivity contribution >= 4 is 0 Å². The summed E-state index contributed by atoms with van der Waals surface area (Å²) in [5.41, 5.74) is 0. The summed E-state index contributed by atoms with van der Waals surface area (Å²) in [6, 6.07) is 1.15. The van der Waals surface area contributed by atoms with Gasteiger partial charge >= 0.3 is 0 Å². The molecule has 1 atom stereocenters. The first kappa shape index (κ1) is 16.8. The van der Waals surface area contributed by atoms with Gasteiger partial charge in [-0.1, -0.05) is 19.8 Å². The number of tetrazole rings is 1. The van der Waals surface area contributed by atoms with Gasteiger partial charge in [0.25, 0.3) is 0 Å². The predicted octanol–water partition coefficient (Wildman–Crippen LogP) is 1.33. The summed E-state index contributed by atoms with van der Waals surface area (Å²) in [4.78, 5) is 5.25. The molecule has 0 N–H and O–H groups in total. The molecule has 1 saturated carbocycles. The maximum Gasteiger partial charge on any atom is 0.168 e. The van der Waals surface area contributed by atoms with E-state index < -0.39 is 0 Å². The molecule has 0 aromatic carbocycles. The molecule has 3 rings (SSSR count). The van der Waals surface area contributed by atoms with E-state index in [2.05, 4.69) is 32.2 Å². The van der Waals surface area contributed by atoms with Crippen molar-refractivity contribution in [1.82, 2.24) is 30.0 Å². The van der Waals surface area contributed by atoms with Crippen LogP contribution in [0.25, 0.3) is 0 Å². The van der Waals surface area contributed by atoms with Crippen molar-refractivity contribution in [1.29, 1.82) is 0 Å². The number of piperazine rings is 1. The van der Waals surface area contributed by atoms with Gasteiger partial charge in [-0.2, -0.15) is 0 Å². The lowest BCUT2D eigenvalue weighted by molar-refractivity contribution is 0.0637. The maximum atomic E-state index is 5.16. The zero-order chi connectivity index (χ0) is 16.1. The van der Waals surface area contributed by atoms with Crippen molar-refractivity contribution in [3.05, 3.63) is 5.82 Å². The summed E-state index contributed by atoms with van der Waals surface area (Å²) >= 11 is 0. The molecule has 2 heterocycles. The second kappa shape index (κ2) is 8.17. The number of hydrogen-bond acceptors (Lipinski definition) is 6. The van der Waals surface area contributed by atoms with E-state index in [1.165, 1.54) is 38.8 Å². The fourth-order valence-corrected chi connectivity index (χ4v) is 4.07. The Kier molecular flexibility index (Phi) is 5.96. The van der Waals surface area contributed by atoms with Crippen LogP contribution in [0.2, 0.25) is 0 Å². The van der Waals surface area contributed by atoms with Gasteiger partial charge in [0.2, 0.25) is 0 Å². The summed E-state index contributed by atoms with van der Waals surface area (Å²) in [5.74, 6) is 0.985. The molecule has 1 aliphatic carbocycles. The molecule has 0 spiro atoms. The van der Waals surface area contributed by atoms with Gasteiger partial charge in [-0.3, -0.25) is 9.80 Å². The fraction of sp³-hybridized carbons (Fsp3) is 0.938. The molecule has 23 heavy (non-hydrogen) atoms. The number of aromatic nitrogens is 4. The third kappa shape index (κ3) is 3.89. The fourth-order valence-electron chi connectivity index (χ4n) is 4.07. The Balaban J connectivity index is 1.60. The van der Waals surface area contributed by atoms with E-state index in [4.69, 9.17) is 4.74 Å². The number of nitrogens with zero attached hydrogens (tertiary/aromatic N) is 6. The maximum absolute atomic E-state index is 5.16. The molecule has 0 amide bonds. The highest BCUT2D eigenvalue weighted by atomic mass is 16.5. The van der Waals surface area contributed by atoms with Crippen LogP contribution in [0, 0.1) is 0 Å². The Bertz CT molecular complexity index is 465. The summed E-state index contributed by atoms with van der Waals surface area (Å²) in [5, 5.41) is 12.3. The molecule has 0 radical (unpaired) electrons. The lowest BCUT2D eigenvalue weighted by Gasteiger charge is -2.40. The Morgan fingerprint density at radius 3 is 2.57 bits per heavy atom. The molecule has 1 unspecified atom stereocenters. The van der Waals surface area contributed by atoms with Crippen LogP contribution >= 0.6 is 0 Å². The third-order valence-corrected chi connectivity index (χ3v) is 5.38. The number of rotatable bonds is 7. The lowest BCUT2D eigenvalue weighted by atomic mass is 10.1. The van der Waals surface area contributed by atoms with Gasteiger partial charge in [-0.05, 0) is 29.7 Å². The zero-order valence-corrected chi connectivity index (χ0v) is 14.5. The van der Waals surface area contributed by atoms with Crippen LogP contribution < -0.4 is 0 Å². The predicted molar refractivity (Wildman–Crippen MR) is 88.1 cm³/mol. The van der Waals surface area contributed by atoms with E-state index in [0.717, 1.165) is 37.9 Å². The highest BCUT2D eigenvalue weighted by Crippen LogP contribution is 2.27. The van der Waals surface area contributed by atoms with E-state index in [9.17, 15) is 0 Å². The van der Waals surface area contributed by atoms with E-state index in [-0.39, 0.29) is 0 Å². The van der Waals surface area contributed by atoms with Crippen LogP contribution in [-0.4, -0.2) is 75.9 Å². The molecule has 1 aliphatic heterocycles. The van der Waals surface area contributed by atoms with Crippen molar-refractivity contribution in [3.63, 3.8) is 0 Å². The molecule has 7 nitrogen and oxygen atoms in total. The van der Waals surface area contributed by atoms with Gasteiger partial charge in [0, 0.05) is 39.3 Å². The summed E-state index contributed by atoms with van der Waals surface area (Å²) in [6.07, 6.45) is 6.66. The Hall–Kier alpha value is -1.05. The summed E-state index contributed by atoms with van der Waals surface area (Å²) in [7, 11) is 1.71. The summed E-state index contributed by atoms with van der Waals surface area (Å²) < 4.78 is 7.07. The molecule has 130 valence electrons. The normalized spacial score (nSPS) is 22.7. The molecular weight excluding hydrogens is 292 g/mol. The average molecular weight is 322 g/mol. The Labute approximate surface area is 139 Å². The SMILES string of the molecule is CCC(c1nnnn1CCOC)N1CCN(C2CCCC2)CC1. The summed E-state index contributed by atoms with van der Waals surface area (Å²) in [6.45, 7) is 8.19. The molecule has 2 fully saturated rings. The van der Waals surface area contributed by atoms with Crippen LogP contribution in [0.1, 0.15) is 50.9 Å². The van der Waals surface area contributed by atoms with Crippen LogP contribution in [0.5, 0.6) is 0 Å². The Morgan fingerprint density at radius 1 is 1.17 bits per heavy atom. The smallest absolute Gasteiger partial charge is 0.168 e. The van der Waals surface area contributed by atoms with Crippen molar-refractivity contribution in [2.75, 3.05) is 39.9 Å². The van der Waals surface area contributed by atoms with Gasteiger partial charge in [-0.25, -0.2) is 4.68 Å². The minimum Gasteiger partial charge on any atom is -0.383 e. The van der Waals surface area contributed by atoms with Gasteiger partial charge in [-0.15, -0.1) is 5.10 Å². The largest absolute Gasteiger partial charge is 0.383 e. The van der Waals surface area contributed by atoms with E-state index in [1.807, 2.05) is 4.68 Å². The highest BCUT2D eigenvalue weighted by Gasteiger charge is 2.31. The number of ether oxygens (including phenoxy) is 1. The van der Waals surface area contributed by atoms with Crippen molar-refractivity contribution in [2.45, 2.75) is 57.7 Å². The van der Waals surface area contributed by atoms with Crippen LogP contribution in [0.3, 0.4) is 0 Å². The zero-order valence-electron chi connectivity index (χ0n) is 14.5. The van der Waals surface area contributed by atoms with Crippen molar-refractivity contribution < 1.29 is 4.74 Å². The first-order valence-electron chi connectivity index (χ1n) is 9.06. The van der Waals surface area contributed by atoms with E-state index in [0.29, 0.717) is 12.6 Å².